The second kappa shape index (κ2) is 6.53. The van der Waals surface area contributed by atoms with E-state index in [4.69, 9.17) is 10.5 Å². The van der Waals surface area contributed by atoms with Gasteiger partial charge in [-0.25, -0.2) is 0 Å². The summed E-state index contributed by atoms with van der Waals surface area (Å²) in [5, 5.41) is 3.15. The molecule has 0 aromatic rings. The predicted molar refractivity (Wildman–Crippen MR) is 92.5 cm³/mol. The number of halogens is 1. The van der Waals surface area contributed by atoms with E-state index in [1.165, 1.54) is 38.5 Å². The van der Waals surface area contributed by atoms with E-state index >= 15 is 0 Å². The van der Waals surface area contributed by atoms with Crippen LogP contribution >= 0.6 is 12.4 Å². The lowest BCUT2D eigenvalue weighted by Crippen LogP contribution is -2.57. The van der Waals surface area contributed by atoms with Gasteiger partial charge in [-0.3, -0.25) is 4.79 Å². The van der Waals surface area contributed by atoms with E-state index in [0.29, 0.717) is 31.5 Å². The van der Waals surface area contributed by atoms with Gasteiger partial charge in [-0.1, -0.05) is 0 Å². The molecule has 5 aliphatic rings. The molecule has 1 heterocycles. The number of rotatable bonds is 4. The Labute approximate surface area is 145 Å². The van der Waals surface area contributed by atoms with Crippen LogP contribution in [0.25, 0.3) is 0 Å². The fraction of sp³-hybridized carbons (Fsp3) is 0.944. The highest BCUT2D eigenvalue weighted by Crippen LogP contribution is 2.61. The predicted octanol–water partition coefficient (Wildman–Crippen LogP) is 2.64. The van der Waals surface area contributed by atoms with Crippen LogP contribution < -0.4 is 11.1 Å². The first-order chi connectivity index (χ1) is 10.6. The number of carbonyl (C=O) groups is 1. The molecule has 0 unspecified atom stereocenters. The lowest BCUT2D eigenvalue weighted by atomic mass is 9.49. The van der Waals surface area contributed by atoms with Crippen molar-refractivity contribution in [3.63, 3.8) is 0 Å². The maximum absolute atomic E-state index is 12.4. The van der Waals surface area contributed by atoms with Crippen molar-refractivity contribution >= 4 is 18.3 Å². The molecule has 132 valence electrons. The standard InChI is InChI=1S/C18H30N2O2.ClH/c19-18(2-5-22-6-3-18)16(21)20-4-1-17-10-13-7-14(11-17)9-15(8-13)12-17;/h13-15H,1-12,19H2,(H,20,21);1H. The van der Waals surface area contributed by atoms with Gasteiger partial charge in [0.15, 0.2) is 0 Å². The van der Waals surface area contributed by atoms with Crippen molar-refractivity contribution < 1.29 is 9.53 Å². The van der Waals surface area contributed by atoms with Crippen molar-refractivity contribution in [1.82, 2.24) is 5.32 Å². The Morgan fingerprint density at radius 2 is 1.57 bits per heavy atom. The van der Waals surface area contributed by atoms with Crippen molar-refractivity contribution in [2.24, 2.45) is 28.9 Å². The summed E-state index contributed by atoms with van der Waals surface area (Å²) in [6.45, 7) is 2.03. The second-order valence-electron chi connectivity index (χ2n) is 8.69. The molecular formula is C18H31ClN2O2. The highest BCUT2D eigenvalue weighted by atomic mass is 35.5. The van der Waals surface area contributed by atoms with Gasteiger partial charge in [0.25, 0.3) is 0 Å². The summed E-state index contributed by atoms with van der Waals surface area (Å²) in [6, 6.07) is 0. The third kappa shape index (κ3) is 3.40. The van der Waals surface area contributed by atoms with Crippen LogP contribution in [-0.4, -0.2) is 31.2 Å². The van der Waals surface area contributed by atoms with Crippen molar-refractivity contribution in [3.05, 3.63) is 0 Å². The van der Waals surface area contributed by atoms with E-state index < -0.39 is 5.54 Å². The average Bonchev–Trinajstić information content (AvgIpc) is 2.46. The maximum atomic E-state index is 12.4. The smallest absolute Gasteiger partial charge is 0.240 e. The van der Waals surface area contributed by atoms with Gasteiger partial charge >= 0.3 is 0 Å². The molecule has 1 aliphatic heterocycles. The maximum Gasteiger partial charge on any atom is 0.240 e. The Kier molecular flexibility index (Phi) is 4.97. The minimum atomic E-state index is -0.695. The molecule has 5 rings (SSSR count). The van der Waals surface area contributed by atoms with Crippen LogP contribution in [-0.2, 0) is 9.53 Å². The Morgan fingerprint density at radius 3 is 2.09 bits per heavy atom. The fourth-order valence-electron chi connectivity index (χ4n) is 6.18. The third-order valence-corrected chi connectivity index (χ3v) is 6.94. The number of carbonyl (C=O) groups excluding carboxylic acids is 1. The summed E-state index contributed by atoms with van der Waals surface area (Å²) in [6.07, 6.45) is 11.2. The van der Waals surface area contributed by atoms with Crippen LogP contribution in [0, 0.1) is 23.2 Å². The topological polar surface area (TPSA) is 64.4 Å². The van der Waals surface area contributed by atoms with Crippen LogP contribution in [0.3, 0.4) is 0 Å². The zero-order valence-corrected chi connectivity index (χ0v) is 14.8. The first-order valence-electron chi connectivity index (χ1n) is 9.22. The first kappa shape index (κ1) is 17.5. The Hall–Kier alpha value is -0.320. The molecule has 0 atom stereocenters. The second-order valence-corrected chi connectivity index (χ2v) is 8.69. The molecule has 3 N–H and O–H groups in total. The van der Waals surface area contributed by atoms with Crippen molar-refractivity contribution in [3.8, 4) is 0 Å². The minimum absolute atomic E-state index is 0. The molecule has 4 aliphatic carbocycles. The zero-order valence-electron chi connectivity index (χ0n) is 14.0. The van der Waals surface area contributed by atoms with Gasteiger partial charge in [-0.2, -0.15) is 0 Å². The van der Waals surface area contributed by atoms with Gasteiger partial charge in [0.2, 0.25) is 5.91 Å². The summed E-state index contributed by atoms with van der Waals surface area (Å²) in [5.41, 5.74) is 6.10. The Bertz CT molecular complexity index is 413. The number of hydrogen-bond acceptors (Lipinski definition) is 3. The Balaban J connectivity index is 0.00000156. The highest BCUT2D eigenvalue weighted by molar-refractivity contribution is 5.86. The Morgan fingerprint density at radius 1 is 1.04 bits per heavy atom. The summed E-state index contributed by atoms with van der Waals surface area (Å²) in [7, 11) is 0. The fourth-order valence-corrected chi connectivity index (χ4v) is 6.18. The lowest BCUT2D eigenvalue weighted by molar-refractivity contribution is -0.130. The molecule has 1 saturated heterocycles. The van der Waals surface area contributed by atoms with Gasteiger partial charge in [-0.05, 0) is 81.0 Å². The summed E-state index contributed by atoms with van der Waals surface area (Å²) < 4.78 is 5.32. The van der Waals surface area contributed by atoms with Crippen molar-refractivity contribution in [2.45, 2.75) is 63.3 Å². The van der Waals surface area contributed by atoms with E-state index in [1.807, 2.05) is 0 Å². The van der Waals surface area contributed by atoms with Gasteiger partial charge in [0, 0.05) is 19.8 Å². The van der Waals surface area contributed by atoms with Gasteiger partial charge in [0.1, 0.15) is 0 Å². The van der Waals surface area contributed by atoms with Crippen LogP contribution in [0.15, 0.2) is 0 Å². The number of amides is 1. The number of nitrogens with two attached hydrogens (primary N) is 1. The van der Waals surface area contributed by atoms with Gasteiger partial charge < -0.3 is 15.8 Å². The highest BCUT2D eigenvalue weighted by Gasteiger charge is 2.50. The van der Waals surface area contributed by atoms with Crippen molar-refractivity contribution in [2.75, 3.05) is 19.8 Å². The van der Waals surface area contributed by atoms with Crippen LogP contribution in [0.2, 0.25) is 0 Å². The molecule has 5 fully saturated rings. The first-order valence-corrected chi connectivity index (χ1v) is 9.22. The zero-order chi connectivity index (χ0) is 15.2. The molecule has 0 spiro atoms. The quantitative estimate of drug-likeness (QED) is 0.825. The number of hydrogen-bond donors (Lipinski definition) is 2. The van der Waals surface area contributed by atoms with Crippen LogP contribution in [0.5, 0.6) is 0 Å². The van der Waals surface area contributed by atoms with Gasteiger partial charge in [0.05, 0.1) is 5.54 Å². The SMILES string of the molecule is Cl.NC1(C(=O)NCCC23CC4CC(CC(C4)C2)C3)CCOCC1. The van der Waals surface area contributed by atoms with E-state index in [-0.39, 0.29) is 18.3 Å². The average molecular weight is 343 g/mol. The monoisotopic (exact) mass is 342 g/mol. The van der Waals surface area contributed by atoms with Crippen LogP contribution in [0.1, 0.15) is 57.8 Å². The molecule has 4 bridgehead atoms. The summed E-state index contributed by atoms with van der Waals surface area (Å²) >= 11 is 0. The molecule has 0 aromatic heterocycles. The molecular weight excluding hydrogens is 312 g/mol. The summed E-state index contributed by atoms with van der Waals surface area (Å²) in [5.74, 6) is 3.00. The van der Waals surface area contributed by atoms with Gasteiger partial charge in [-0.15, -0.1) is 12.4 Å². The normalized spacial score (nSPS) is 40.5. The lowest BCUT2D eigenvalue weighted by Gasteiger charge is -2.57. The molecule has 1 amide bonds. The number of ether oxygens (including phenoxy) is 1. The molecule has 0 aromatic carbocycles. The molecule has 4 nitrogen and oxygen atoms in total. The molecule has 23 heavy (non-hydrogen) atoms. The van der Waals surface area contributed by atoms with E-state index in [0.717, 1.165) is 30.7 Å². The summed E-state index contributed by atoms with van der Waals surface area (Å²) in [4.78, 5) is 12.4. The molecule has 0 radical (unpaired) electrons. The van der Waals surface area contributed by atoms with Crippen molar-refractivity contribution in [1.29, 1.82) is 0 Å². The van der Waals surface area contributed by atoms with E-state index in [2.05, 4.69) is 5.32 Å². The molecule has 4 saturated carbocycles. The number of nitrogens with one attached hydrogen (secondary N) is 1. The van der Waals surface area contributed by atoms with E-state index in [1.54, 1.807) is 0 Å². The third-order valence-electron chi connectivity index (χ3n) is 6.94. The molecule has 5 heteroatoms. The minimum Gasteiger partial charge on any atom is -0.381 e. The van der Waals surface area contributed by atoms with Crippen LogP contribution in [0.4, 0.5) is 0 Å². The largest absolute Gasteiger partial charge is 0.381 e. The van der Waals surface area contributed by atoms with E-state index in [9.17, 15) is 4.79 Å².